The summed E-state index contributed by atoms with van der Waals surface area (Å²) >= 11 is 0. The maximum Gasteiger partial charge on any atom is 0.333 e. The third-order valence-corrected chi connectivity index (χ3v) is 13.5. The lowest BCUT2D eigenvalue weighted by Gasteiger charge is -2.25. The van der Waals surface area contributed by atoms with E-state index in [9.17, 15) is 43.2 Å². The largest absolute Gasteiger partial charge is 0.489 e. The van der Waals surface area contributed by atoms with E-state index in [2.05, 4.69) is 24.5 Å². The fraction of sp³-hybridized carbons (Fsp3) is 0.426. The molecule has 0 radical (unpaired) electrons. The lowest BCUT2D eigenvalue weighted by Crippen LogP contribution is -2.18. The summed E-state index contributed by atoms with van der Waals surface area (Å²) in [4.78, 5) is 120. The van der Waals surface area contributed by atoms with Crippen molar-refractivity contribution in [3.63, 3.8) is 0 Å². The lowest BCUT2D eigenvalue weighted by atomic mass is 9.86. The molecular weight excluding hydrogens is 1100 g/mol. The SMILES string of the molecule is C=C(C)C(=O)OCCOc1c2cc(C(=O)CCC)cc1Cc1cc(C(=O)CCC)cc(c1OCCOC(=O)C(=C)C)Cc1cc(C(=O)CCC)cc(c1OCCOC(=O)C(=C)C)Cc1cc(C(=O)CCC)cc(c1OCCOC(=O)CC(=O)OC)C2. The highest BCUT2D eigenvalue weighted by atomic mass is 16.6. The number of esters is 5. The minimum absolute atomic E-state index is 0.0550. The Morgan fingerprint density at radius 2 is 0.570 bits per heavy atom. The molecule has 0 fully saturated rings. The van der Waals surface area contributed by atoms with Crippen molar-refractivity contribution in [1.82, 2.24) is 0 Å². The maximum atomic E-state index is 14.3. The predicted molar refractivity (Wildman–Crippen MR) is 321 cm³/mol. The molecule has 0 heterocycles. The normalized spacial score (nSPS) is 11.5. The van der Waals surface area contributed by atoms with Gasteiger partial charge in [-0.15, -0.1) is 0 Å². The van der Waals surface area contributed by atoms with Gasteiger partial charge in [-0.2, -0.15) is 0 Å². The molecule has 18 nitrogen and oxygen atoms in total. The summed E-state index contributed by atoms with van der Waals surface area (Å²) in [6, 6.07) is 13.7. The highest BCUT2D eigenvalue weighted by Crippen LogP contribution is 2.42. The minimum atomic E-state index is -0.858. The minimum Gasteiger partial charge on any atom is -0.489 e. The number of rotatable bonds is 33. The van der Waals surface area contributed by atoms with Gasteiger partial charge in [-0.25, -0.2) is 14.4 Å². The van der Waals surface area contributed by atoms with Crippen LogP contribution in [0.1, 0.15) is 192 Å². The summed E-state index contributed by atoms with van der Waals surface area (Å²) in [5, 5.41) is 0. The van der Waals surface area contributed by atoms with Gasteiger partial charge in [-0.3, -0.25) is 28.8 Å². The number of ether oxygens (including phenoxy) is 9. The quantitative estimate of drug-likeness (QED) is 0.00947. The summed E-state index contributed by atoms with van der Waals surface area (Å²) in [6.45, 7) is 21.4. The van der Waals surface area contributed by atoms with E-state index in [1.54, 1.807) is 48.5 Å². The van der Waals surface area contributed by atoms with E-state index in [0.29, 0.717) is 92.4 Å². The molecule has 0 N–H and O–H groups in total. The molecule has 0 aliphatic heterocycles. The molecule has 4 aromatic rings. The number of hydrogen-bond acceptors (Lipinski definition) is 18. The zero-order valence-electron chi connectivity index (χ0n) is 50.9. The summed E-state index contributed by atoms with van der Waals surface area (Å²) in [6.07, 6.45) is 1.85. The summed E-state index contributed by atoms with van der Waals surface area (Å²) in [7, 11) is 1.15. The van der Waals surface area contributed by atoms with E-state index >= 15 is 0 Å². The van der Waals surface area contributed by atoms with Gasteiger partial charge in [-0.1, -0.05) is 47.4 Å². The van der Waals surface area contributed by atoms with E-state index in [0.717, 1.165) is 7.11 Å². The molecule has 1 aliphatic rings. The Balaban J connectivity index is 1.99. The summed E-state index contributed by atoms with van der Waals surface area (Å²) < 4.78 is 53.4. The van der Waals surface area contributed by atoms with Crippen LogP contribution in [0.15, 0.2) is 85.0 Å². The molecule has 460 valence electrons. The first-order valence-corrected chi connectivity index (χ1v) is 29.1. The highest BCUT2D eigenvalue weighted by Gasteiger charge is 2.28. The second-order valence-electron chi connectivity index (χ2n) is 21.0. The Morgan fingerprint density at radius 3 is 0.767 bits per heavy atom. The maximum absolute atomic E-state index is 14.3. The molecule has 4 aromatic carbocycles. The van der Waals surface area contributed by atoms with Crippen LogP contribution in [0, 0.1) is 0 Å². The van der Waals surface area contributed by atoms with Crippen molar-refractivity contribution in [1.29, 1.82) is 0 Å². The molecule has 0 saturated heterocycles. The van der Waals surface area contributed by atoms with Crippen LogP contribution in [0.25, 0.3) is 0 Å². The van der Waals surface area contributed by atoms with Crippen LogP contribution < -0.4 is 18.9 Å². The van der Waals surface area contributed by atoms with Crippen molar-refractivity contribution < 1.29 is 85.8 Å². The number of fused-ring (bicyclic) bond motifs is 8. The van der Waals surface area contributed by atoms with Crippen LogP contribution in [-0.4, -0.2) is 113 Å². The number of carbonyl (C=O) groups excluding carboxylic acids is 9. The van der Waals surface area contributed by atoms with Crippen LogP contribution in [0.5, 0.6) is 23.0 Å². The van der Waals surface area contributed by atoms with Crippen molar-refractivity contribution in [2.75, 3.05) is 60.0 Å². The Hall–Kier alpha value is -8.67. The summed E-state index contributed by atoms with van der Waals surface area (Å²) in [5.41, 5.74) is 5.34. The standard InChI is InChI=1S/C68H80O18/c1-12-16-56(69)44-28-48-36-50-30-45(57(70)17-13-2)32-52(63(50)81-22-25-84-66(75)41(5)6)38-54-34-47(59(72)19-15-4)35-55(65(54)83-24-27-86-68(77)43(9)10)39-53-33-46(58(71)18-14-3)31-51(64(53)82-23-26-85-67(76)42(7)8)37-49(29-44)62(48)80-21-20-79-61(74)40-60(73)78-11/h28-35H,5,7,9,12-27,36-40H2,1-4,6,8,10-11H3. The molecule has 1 aliphatic carbocycles. The first kappa shape index (κ1) is 68.1. The van der Waals surface area contributed by atoms with Gasteiger partial charge < -0.3 is 42.6 Å². The van der Waals surface area contributed by atoms with E-state index in [1.807, 2.05) is 27.7 Å². The molecule has 0 aromatic heterocycles. The van der Waals surface area contributed by atoms with Crippen molar-refractivity contribution >= 4 is 53.0 Å². The van der Waals surface area contributed by atoms with E-state index in [1.165, 1.54) is 20.8 Å². The first-order valence-electron chi connectivity index (χ1n) is 29.1. The van der Waals surface area contributed by atoms with Gasteiger partial charge in [0, 0.05) is 90.3 Å². The smallest absolute Gasteiger partial charge is 0.333 e. The highest BCUT2D eigenvalue weighted by molar-refractivity contribution is 5.99. The van der Waals surface area contributed by atoms with Crippen LogP contribution in [0.3, 0.4) is 0 Å². The van der Waals surface area contributed by atoms with Gasteiger partial charge in [-0.05, 0) is 139 Å². The van der Waals surface area contributed by atoms with Crippen molar-refractivity contribution in [3.8, 4) is 23.0 Å². The van der Waals surface area contributed by atoms with Crippen molar-refractivity contribution in [3.05, 3.63) is 152 Å². The third-order valence-electron chi connectivity index (χ3n) is 13.5. The monoisotopic (exact) mass is 1180 g/mol. The number of Topliss-reactive ketones (excluding diaryl/α,β-unsaturated/α-hetero) is 4. The Labute approximate surface area is 503 Å². The molecule has 0 saturated carbocycles. The zero-order chi connectivity index (χ0) is 63.0. The van der Waals surface area contributed by atoms with E-state index < -0.39 is 36.3 Å². The number of hydrogen-bond donors (Lipinski definition) is 0. The van der Waals surface area contributed by atoms with Gasteiger partial charge in [0.1, 0.15) is 82.3 Å². The molecule has 86 heavy (non-hydrogen) atoms. The number of methoxy groups -OCH3 is 1. The van der Waals surface area contributed by atoms with Crippen LogP contribution >= 0.6 is 0 Å². The molecule has 0 amide bonds. The van der Waals surface area contributed by atoms with E-state index in [4.69, 9.17) is 37.9 Å². The predicted octanol–water partition coefficient (Wildman–Crippen LogP) is 11.3. The second-order valence-corrected chi connectivity index (χ2v) is 21.0. The number of ketones is 4. The third kappa shape index (κ3) is 19.7. The fourth-order valence-electron chi connectivity index (χ4n) is 9.50. The number of benzene rings is 4. The molecule has 0 unspecified atom stereocenters. The lowest BCUT2D eigenvalue weighted by molar-refractivity contribution is -0.153. The second kappa shape index (κ2) is 33.7. The van der Waals surface area contributed by atoms with Crippen molar-refractivity contribution in [2.45, 2.75) is 132 Å². The van der Waals surface area contributed by atoms with E-state index in [-0.39, 0.29) is 167 Å². The molecule has 18 heteroatoms. The Bertz CT molecular complexity index is 3080. The van der Waals surface area contributed by atoms with Crippen LogP contribution in [0.2, 0.25) is 0 Å². The Kier molecular flexibility index (Phi) is 26.7. The molecule has 0 atom stereocenters. The van der Waals surface area contributed by atoms with Gasteiger partial charge in [0.15, 0.2) is 23.1 Å². The average Bonchev–Trinajstić information content (AvgIpc) is 1.03. The van der Waals surface area contributed by atoms with Crippen LogP contribution in [0.4, 0.5) is 0 Å². The first-order chi connectivity index (χ1) is 41.1. The van der Waals surface area contributed by atoms with Gasteiger partial charge in [0.25, 0.3) is 0 Å². The summed E-state index contributed by atoms with van der Waals surface area (Å²) in [5.74, 6) is -3.28. The average molecular weight is 1190 g/mol. The van der Waals surface area contributed by atoms with Crippen LogP contribution in [-0.2, 0) is 73.3 Å². The fourth-order valence-corrected chi connectivity index (χ4v) is 9.50. The number of carbonyl (C=O) groups is 9. The zero-order valence-corrected chi connectivity index (χ0v) is 50.9. The van der Waals surface area contributed by atoms with Gasteiger partial charge >= 0.3 is 29.8 Å². The van der Waals surface area contributed by atoms with Crippen molar-refractivity contribution in [2.24, 2.45) is 0 Å². The van der Waals surface area contributed by atoms with Gasteiger partial charge in [0.05, 0.1) is 7.11 Å². The molecular formula is C68H80O18. The molecule has 5 rings (SSSR count). The topological polar surface area (TPSA) is 237 Å². The Morgan fingerprint density at radius 1 is 0.349 bits per heavy atom. The molecule has 8 bridgehead atoms. The molecule has 0 spiro atoms. The van der Waals surface area contributed by atoms with Gasteiger partial charge in [0.2, 0.25) is 0 Å².